The number of alkyl halides is 3. The van der Waals surface area contributed by atoms with Crippen LogP contribution in [0.4, 0.5) is 32.8 Å². The summed E-state index contributed by atoms with van der Waals surface area (Å²) in [5.41, 5.74) is 5.29. The number of halogens is 6. The van der Waals surface area contributed by atoms with Crippen LogP contribution in [0, 0.1) is 23.0 Å². The molecule has 0 amide bonds. The third kappa shape index (κ3) is 4.75. The molecule has 8 nitrogen and oxygen atoms in total. The Morgan fingerprint density at radius 3 is 2.83 bits per heavy atom. The molecule has 2 unspecified atom stereocenters. The lowest BCUT2D eigenvalue weighted by Crippen LogP contribution is -2.52. The molecule has 6 heterocycles. The van der Waals surface area contributed by atoms with Gasteiger partial charge in [0.1, 0.15) is 41.0 Å². The summed E-state index contributed by atoms with van der Waals surface area (Å²) in [5.74, 6) is -1.57. The molecule has 4 aliphatic heterocycles. The number of nitrogen functional groups attached to an aromatic ring is 1. The SMILES string of the molecule is N#Cc1c(N)sc2c(F)ccc(-c3c(Cl)c4c5c(nc(OCC[C@@]67CCCN6C[C@H](F)C7)nc5c3F)N3C(CCCC3C(F)F)CO4)c12. The number of piperidine rings is 1. The van der Waals surface area contributed by atoms with Crippen molar-refractivity contribution in [2.75, 3.05) is 36.9 Å². The van der Waals surface area contributed by atoms with E-state index in [2.05, 4.69) is 14.9 Å². The van der Waals surface area contributed by atoms with Crippen molar-refractivity contribution in [2.45, 2.75) is 75.2 Å². The first kappa shape index (κ1) is 31.6. The van der Waals surface area contributed by atoms with Gasteiger partial charge in [0.2, 0.25) is 0 Å². The van der Waals surface area contributed by atoms with Crippen LogP contribution in [0.25, 0.3) is 32.1 Å². The smallest absolute Gasteiger partial charge is 0.319 e. The van der Waals surface area contributed by atoms with Crippen molar-refractivity contribution in [3.05, 3.63) is 34.4 Å². The molecule has 252 valence electrons. The maximum atomic E-state index is 17.1. The van der Waals surface area contributed by atoms with Gasteiger partial charge in [-0.05, 0) is 56.7 Å². The highest BCUT2D eigenvalue weighted by molar-refractivity contribution is 7.23. The van der Waals surface area contributed by atoms with Crippen LogP contribution < -0.4 is 20.1 Å². The molecule has 0 saturated carbocycles. The number of fused-ring (bicyclic) bond motifs is 4. The molecule has 4 aromatic rings. The topological polar surface area (TPSA) is 101 Å². The number of hydrogen-bond donors (Lipinski definition) is 1. The Balaban J connectivity index is 1.32. The molecule has 0 spiro atoms. The number of nitrogens with zero attached hydrogens (tertiary/aromatic N) is 5. The molecule has 0 radical (unpaired) electrons. The monoisotopic (exact) mass is 704 g/mol. The van der Waals surface area contributed by atoms with E-state index in [0.717, 1.165) is 36.8 Å². The molecule has 4 atom stereocenters. The van der Waals surface area contributed by atoms with Gasteiger partial charge in [0, 0.05) is 29.5 Å². The number of rotatable bonds is 6. The summed E-state index contributed by atoms with van der Waals surface area (Å²) in [6, 6.07) is 2.46. The van der Waals surface area contributed by atoms with Crippen LogP contribution in [0.3, 0.4) is 0 Å². The zero-order valence-corrected chi connectivity index (χ0v) is 27.1. The third-order valence-electron chi connectivity index (χ3n) is 10.4. The van der Waals surface area contributed by atoms with E-state index in [-0.39, 0.29) is 90.5 Å². The first-order chi connectivity index (χ1) is 23.1. The maximum Gasteiger partial charge on any atom is 0.319 e. The second kappa shape index (κ2) is 11.7. The molecule has 2 N–H and O–H groups in total. The molecule has 48 heavy (non-hydrogen) atoms. The van der Waals surface area contributed by atoms with Gasteiger partial charge in [-0.15, -0.1) is 11.3 Å². The van der Waals surface area contributed by atoms with Gasteiger partial charge in [-0.1, -0.05) is 17.7 Å². The Morgan fingerprint density at radius 2 is 2.04 bits per heavy atom. The largest absolute Gasteiger partial charge is 0.489 e. The van der Waals surface area contributed by atoms with Crippen molar-refractivity contribution in [3.63, 3.8) is 0 Å². The van der Waals surface area contributed by atoms with E-state index >= 15 is 4.39 Å². The summed E-state index contributed by atoms with van der Waals surface area (Å²) in [6.07, 6.45) is 0.243. The Kier molecular flexibility index (Phi) is 7.72. The number of nitriles is 1. The number of benzene rings is 2. The molecule has 3 saturated heterocycles. The van der Waals surface area contributed by atoms with Gasteiger partial charge >= 0.3 is 6.01 Å². The van der Waals surface area contributed by atoms with E-state index < -0.39 is 36.3 Å². The Morgan fingerprint density at radius 1 is 1.21 bits per heavy atom. The Bertz CT molecular complexity index is 2010. The van der Waals surface area contributed by atoms with Gasteiger partial charge in [-0.3, -0.25) is 4.90 Å². The second-order valence-corrected chi connectivity index (χ2v) is 14.4. The zero-order valence-electron chi connectivity index (χ0n) is 25.5. The summed E-state index contributed by atoms with van der Waals surface area (Å²) in [7, 11) is 0. The van der Waals surface area contributed by atoms with Crippen molar-refractivity contribution in [1.29, 1.82) is 5.26 Å². The minimum Gasteiger partial charge on any atom is -0.489 e. The van der Waals surface area contributed by atoms with Gasteiger partial charge in [-0.25, -0.2) is 22.0 Å². The van der Waals surface area contributed by atoms with E-state index in [0.29, 0.717) is 32.2 Å². The quantitative estimate of drug-likeness (QED) is 0.205. The Hall–Kier alpha value is -3.67. The van der Waals surface area contributed by atoms with Crippen molar-refractivity contribution in [2.24, 2.45) is 0 Å². The van der Waals surface area contributed by atoms with Gasteiger partial charge in [-0.2, -0.15) is 15.2 Å². The van der Waals surface area contributed by atoms with Gasteiger partial charge in [0.15, 0.2) is 11.6 Å². The number of aromatic nitrogens is 2. The number of ether oxygens (including phenoxy) is 2. The normalized spacial score (nSPS) is 25.3. The summed E-state index contributed by atoms with van der Waals surface area (Å²) < 4.78 is 87.8. The summed E-state index contributed by atoms with van der Waals surface area (Å²) in [6.45, 7) is 1.24. The molecule has 3 fully saturated rings. The first-order valence-electron chi connectivity index (χ1n) is 16.0. The minimum atomic E-state index is -2.73. The van der Waals surface area contributed by atoms with Crippen LogP contribution in [-0.2, 0) is 0 Å². The highest BCUT2D eigenvalue weighted by atomic mass is 35.5. The zero-order chi connectivity index (χ0) is 33.5. The molecular formula is C33H30ClF5N6O2S. The van der Waals surface area contributed by atoms with Crippen molar-refractivity contribution < 1.29 is 31.4 Å². The number of anilines is 2. The van der Waals surface area contributed by atoms with E-state index in [1.165, 1.54) is 11.0 Å². The molecule has 4 aliphatic rings. The standard InChI is InChI=1S/C33H30ClF5N6O2S/c34-24-22(17-5-6-19(36)28-21(17)18(12-40)30(41)48-28)25(37)26-23-27(24)47-14-16-3-1-4-20(29(38)39)45(16)31(23)43-32(42-26)46-10-8-33-7-2-9-44(33)13-15(35)11-33/h5-6,15-16,20,29H,1-4,7-11,13-14,41H2/t15-,16?,20?,33-/m1/s1. The predicted molar refractivity (Wildman–Crippen MR) is 173 cm³/mol. The van der Waals surface area contributed by atoms with Crippen LogP contribution in [0.15, 0.2) is 12.1 Å². The highest BCUT2D eigenvalue weighted by Crippen LogP contribution is 2.52. The third-order valence-corrected chi connectivity index (χ3v) is 11.8. The first-order valence-corrected chi connectivity index (χ1v) is 17.2. The Labute approximate surface area is 281 Å². The molecule has 0 aliphatic carbocycles. The lowest BCUT2D eigenvalue weighted by atomic mass is 9.90. The molecule has 0 bridgehead atoms. The summed E-state index contributed by atoms with van der Waals surface area (Å²) in [5, 5.41) is 9.86. The van der Waals surface area contributed by atoms with Crippen LogP contribution in [0.5, 0.6) is 11.8 Å². The van der Waals surface area contributed by atoms with Crippen LogP contribution >= 0.6 is 22.9 Å². The second-order valence-electron chi connectivity index (χ2n) is 13.0. The van der Waals surface area contributed by atoms with E-state index in [9.17, 15) is 22.8 Å². The maximum absolute atomic E-state index is 17.1. The number of thiophene rings is 1. The average molecular weight is 705 g/mol. The van der Waals surface area contributed by atoms with E-state index in [1.54, 1.807) is 0 Å². The molecule has 2 aromatic heterocycles. The van der Waals surface area contributed by atoms with Gasteiger partial charge in [0.25, 0.3) is 6.43 Å². The van der Waals surface area contributed by atoms with E-state index in [1.807, 2.05) is 6.07 Å². The van der Waals surface area contributed by atoms with E-state index in [4.69, 9.17) is 26.8 Å². The fourth-order valence-electron chi connectivity index (χ4n) is 8.34. The highest BCUT2D eigenvalue weighted by Gasteiger charge is 2.48. The van der Waals surface area contributed by atoms with Crippen molar-refractivity contribution in [1.82, 2.24) is 14.9 Å². The average Bonchev–Trinajstić information content (AvgIpc) is 3.66. The van der Waals surface area contributed by atoms with Crippen LogP contribution in [0.1, 0.15) is 50.5 Å². The van der Waals surface area contributed by atoms with Crippen molar-refractivity contribution >= 4 is 54.7 Å². The molecule has 8 rings (SSSR count). The lowest BCUT2D eigenvalue weighted by Gasteiger charge is -2.41. The fourth-order valence-corrected chi connectivity index (χ4v) is 9.63. The van der Waals surface area contributed by atoms with Gasteiger partial charge < -0.3 is 20.1 Å². The van der Waals surface area contributed by atoms with Crippen molar-refractivity contribution in [3.8, 4) is 29.0 Å². The lowest BCUT2D eigenvalue weighted by molar-refractivity contribution is 0.0875. The molecule has 2 aromatic carbocycles. The van der Waals surface area contributed by atoms with Crippen LogP contribution in [-0.4, -0.2) is 71.4 Å². The summed E-state index contributed by atoms with van der Waals surface area (Å²) in [4.78, 5) is 12.7. The predicted octanol–water partition coefficient (Wildman–Crippen LogP) is 7.63. The molecule has 15 heteroatoms. The fraction of sp³-hybridized carbons (Fsp3) is 0.485. The number of nitrogens with two attached hydrogens (primary N) is 1. The van der Waals surface area contributed by atoms with Crippen LogP contribution in [0.2, 0.25) is 5.02 Å². The number of hydrogen-bond acceptors (Lipinski definition) is 9. The van der Waals surface area contributed by atoms with Gasteiger partial charge in [0.05, 0.1) is 39.4 Å². The summed E-state index contributed by atoms with van der Waals surface area (Å²) >= 11 is 7.80. The minimum absolute atomic E-state index is 0.00773. The molecular weight excluding hydrogens is 675 g/mol.